The van der Waals surface area contributed by atoms with Gasteiger partial charge in [0, 0.05) is 24.3 Å². The Hall–Kier alpha value is -3.09. The fraction of sp³-hybridized carbons (Fsp3) is 0.381. The van der Waals surface area contributed by atoms with Gasteiger partial charge in [0.15, 0.2) is 0 Å². The number of nitrogens with one attached hydrogen (secondary N) is 1. The van der Waals surface area contributed by atoms with Gasteiger partial charge < -0.3 is 19.4 Å². The molecule has 2 aromatic rings. The number of carbonyl (C=O) groups is 3. The molecule has 0 atom stereocenters. The summed E-state index contributed by atoms with van der Waals surface area (Å²) in [7, 11) is 1.30. The number of carbonyl (C=O) groups excluding carboxylic acids is 3. The van der Waals surface area contributed by atoms with Crippen LogP contribution in [0.25, 0.3) is 0 Å². The van der Waals surface area contributed by atoms with Gasteiger partial charge in [0.2, 0.25) is 0 Å². The van der Waals surface area contributed by atoms with Gasteiger partial charge in [-0.2, -0.15) is 0 Å². The molecule has 28 heavy (non-hydrogen) atoms. The molecule has 0 aliphatic carbocycles. The molecule has 1 aliphatic rings. The van der Waals surface area contributed by atoms with Crippen LogP contribution in [0.15, 0.2) is 24.3 Å². The smallest absolute Gasteiger partial charge is 0.355 e. The van der Waals surface area contributed by atoms with Crippen molar-refractivity contribution in [1.82, 2.24) is 9.88 Å². The number of aromatic nitrogens is 1. The summed E-state index contributed by atoms with van der Waals surface area (Å²) in [5.74, 6) is -1.01. The van der Waals surface area contributed by atoms with Gasteiger partial charge in [-0.3, -0.25) is 4.79 Å². The molecule has 2 heterocycles. The molecule has 1 fully saturated rings. The van der Waals surface area contributed by atoms with Crippen molar-refractivity contribution in [1.29, 1.82) is 0 Å². The number of nitrogens with zero attached hydrogens (tertiary/aromatic N) is 1. The van der Waals surface area contributed by atoms with Gasteiger partial charge in [-0.05, 0) is 49.9 Å². The first-order valence-electron chi connectivity index (χ1n) is 9.25. The number of aromatic amines is 1. The molecule has 0 spiro atoms. The Labute approximate surface area is 163 Å². The normalized spacial score (nSPS) is 13.5. The van der Waals surface area contributed by atoms with E-state index in [1.807, 2.05) is 4.90 Å². The summed E-state index contributed by atoms with van der Waals surface area (Å²) in [4.78, 5) is 41.3. The van der Waals surface area contributed by atoms with E-state index in [2.05, 4.69) is 4.98 Å². The van der Waals surface area contributed by atoms with E-state index < -0.39 is 11.9 Å². The number of aryl methyl sites for hydroxylation is 1. The standard InChI is InChI=1S/C21H24N2O5/c1-13-17(20(25)27-3)14(2)22-18(13)21(26)28-12-15-6-8-16(9-7-15)19(24)23-10-4-5-11-23/h6-9,22H,4-5,10-12H2,1-3H3. The van der Waals surface area contributed by atoms with Crippen LogP contribution in [-0.2, 0) is 16.1 Å². The third-order valence-corrected chi connectivity index (χ3v) is 5.00. The molecule has 0 radical (unpaired) electrons. The lowest BCUT2D eigenvalue weighted by molar-refractivity contribution is 0.0465. The van der Waals surface area contributed by atoms with Crippen molar-refractivity contribution in [2.75, 3.05) is 20.2 Å². The van der Waals surface area contributed by atoms with Crippen molar-refractivity contribution in [3.8, 4) is 0 Å². The lowest BCUT2D eigenvalue weighted by Gasteiger charge is -2.15. The van der Waals surface area contributed by atoms with E-state index in [1.165, 1.54) is 7.11 Å². The second kappa shape index (κ2) is 8.29. The molecule has 3 rings (SSSR count). The van der Waals surface area contributed by atoms with Crippen LogP contribution in [0, 0.1) is 13.8 Å². The second-order valence-corrected chi connectivity index (χ2v) is 6.89. The number of rotatable bonds is 5. The molecule has 0 bridgehead atoms. The molecule has 1 aromatic heterocycles. The average molecular weight is 384 g/mol. The van der Waals surface area contributed by atoms with Crippen molar-refractivity contribution in [2.24, 2.45) is 0 Å². The maximum Gasteiger partial charge on any atom is 0.355 e. The summed E-state index contributed by atoms with van der Waals surface area (Å²) in [6, 6.07) is 7.07. The number of hydrogen-bond acceptors (Lipinski definition) is 5. The molecule has 148 valence electrons. The van der Waals surface area contributed by atoms with Gasteiger partial charge >= 0.3 is 11.9 Å². The van der Waals surface area contributed by atoms with Crippen LogP contribution in [0.4, 0.5) is 0 Å². The number of hydrogen-bond donors (Lipinski definition) is 1. The first kappa shape index (κ1) is 19.7. The highest BCUT2D eigenvalue weighted by Crippen LogP contribution is 2.20. The average Bonchev–Trinajstić information content (AvgIpc) is 3.34. The van der Waals surface area contributed by atoms with Crippen LogP contribution in [0.2, 0.25) is 0 Å². The topological polar surface area (TPSA) is 88.7 Å². The number of ether oxygens (including phenoxy) is 2. The minimum Gasteiger partial charge on any atom is -0.465 e. The molecule has 7 heteroatoms. The van der Waals surface area contributed by atoms with Crippen LogP contribution in [0.1, 0.15) is 60.9 Å². The van der Waals surface area contributed by atoms with Crippen LogP contribution < -0.4 is 0 Å². The van der Waals surface area contributed by atoms with Crippen LogP contribution in [0.5, 0.6) is 0 Å². The highest BCUT2D eigenvalue weighted by molar-refractivity contribution is 5.98. The monoisotopic (exact) mass is 384 g/mol. The van der Waals surface area contributed by atoms with Gasteiger partial charge in [-0.25, -0.2) is 9.59 Å². The molecular weight excluding hydrogens is 360 g/mol. The fourth-order valence-electron chi connectivity index (χ4n) is 3.43. The Bertz CT molecular complexity index is 892. The number of H-pyrrole nitrogens is 1. The number of likely N-dealkylation sites (tertiary alicyclic amines) is 1. The number of methoxy groups -OCH3 is 1. The quantitative estimate of drug-likeness (QED) is 0.801. The second-order valence-electron chi connectivity index (χ2n) is 6.89. The van der Waals surface area contributed by atoms with E-state index in [9.17, 15) is 14.4 Å². The maximum absolute atomic E-state index is 12.4. The summed E-state index contributed by atoms with van der Waals surface area (Å²) in [6.07, 6.45) is 2.10. The Morgan fingerprint density at radius 2 is 1.68 bits per heavy atom. The zero-order valence-electron chi connectivity index (χ0n) is 16.3. The third-order valence-electron chi connectivity index (χ3n) is 5.00. The van der Waals surface area contributed by atoms with E-state index in [0.29, 0.717) is 22.4 Å². The van der Waals surface area contributed by atoms with Crippen molar-refractivity contribution in [3.05, 3.63) is 57.9 Å². The highest BCUT2D eigenvalue weighted by Gasteiger charge is 2.23. The minimum absolute atomic E-state index is 0.0360. The van der Waals surface area contributed by atoms with Crippen molar-refractivity contribution in [3.63, 3.8) is 0 Å². The van der Waals surface area contributed by atoms with E-state index in [1.54, 1.807) is 38.1 Å². The van der Waals surface area contributed by atoms with Crippen molar-refractivity contribution >= 4 is 17.8 Å². The van der Waals surface area contributed by atoms with E-state index >= 15 is 0 Å². The Kier molecular flexibility index (Phi) is 5.82. The first-order valence-corrected chi connectivity index (χ1v) is 9.25. The third kappa shape index (κ3) is 3.93. The van der Waals surface area contributed by atoms with E-state index in [-0.39, 0.29) is 18.2 Å². The zero-order valence-corrected chi connectivity index (χ0v) is 16.3. The van der Waals surface area contributed by atoms with Gasteiger partial charge in [0.25, 0.3) is 5.91 Å². The lowest BCUT2D eigenvalue weighted by Crippen LogP contribution is -2.27. The maximum atomic E-state index is 12.4. The summed E-state index contributed by atoms with van der Waals surface area (Å²) in [5, 5.41) is 0. The van der Waals surface area contributed by atoms with Gasteiger partial charge in [-0.1, -0.05) is 12.1 Å². The summed E-state index contributed by atoms with van der Waals surface area (Å²) < 4.78 is 10.1. The molecule has 1 aromatic carbocycles. The van der Waals surface area contributed by atoms with Gasteiger partial charge in [-0.15, -0.1) is 0 Å². The molecule has 1 aliphatic heterocycles. The summed E-state index contributed by atoms with van der Waals surface area (Å²) in [5.41, 5.74) is 3.05. The molecule has 1 amide bonds. The number of esters is 2. The molecule has 0 unspecified atom stereocenters. The van der Waals surface area contributed by atoms with Crippen LogP contribution in [-0.4, -0.2) is 47.9 Å². The molecule has 0 saturated carbocycles. The zero-order chi connectivity index (χ0) is 20.3. The van der Waals surface area contributed by atoms with Gasteiger partial charge in [0.1, 0.15) is 12.3 Å². The lowest BCUT2D eigenvalue weighted by atomic mass is 10.1. The van der Waals surface area contributed by atoms with Gasteiger partial charge in [0.05, 0.1) is 12.7 Å². The van der Waals surface area contributed by atoms with Crippen molar-refractivity contribution in [2.45, 2.75) is 33.3 Å². The van der Waals surface area contributed by atoms with E-state index in [0.717, 1.165) is 31.5 Å². The number of benzene rings is 1. The first-order chi connectivity index (χ1) is 13.4. The molecule has 1 saturated heterocycles. The minimum atomic E-state index is -0.548. The molecular formula is C21H24N2O5. The van der Waals surface area contributed by atoms with Crippen LogP contribution in [0.3, 0.4) is 0 Å². The largest absolute Gasteiger partial charge is 0.465 e. The predicted octanol–water partition coefficient (Wildman–Crippen LogP) is 3.01. The Morgan fingerprint density at radius 3 is 2.29 bits per heavy atom. The highest BCUT2D eigenvalue weighted by atomic mass is 16.5. The molecule has 7 nitrogen and oxygen atoms in total. The SMILES string of the molecule is COC(=O)c1c(C)[nH]c(C(=O)OCc2ccc(C(=O)N3CCCC3)cc2)c1C. The van der Waals surface area contributed by atoms with Crippen molar-refractivity contribution < 1.29 is 23.9 Å². The summed E-state index contributed by atoms with van der Waals surface area (Å²) >= 11 is 0. The number of amides is 1. The van der Waals surface area contributed by atoms with E-state index in [4.69, 9.17) is 9.47 Å². The Morgan fingerprint density at radius 1 is 1.04 bits per heavy atom. The summed E-state index contributed by atoms with van der Waals surface area (Å²) in [6.45, 7) is 5.06. The van der Waals surface area contributed by atoms with Crippen LogP contribution >= 0.6 is 0 Å². The fourth-order valence-corrected chi connectivity index (χ4v) is 3.43. The Balaban J connectivity index is 1.63. The molecule has 1 N–H and O–H groups in total. The predicted molar refractivity (Wildman–Crippen MR) is 102 cm³/mol.